The number of hydrogen-bond acceptors (Lipinski definition) is 4. The van der Waals surface area contributed by atoms with Gasteiger partial charge in [0, 0.05) is 28.2 Å². The number of Topliss-reactive ketones (excluding diaryl/α,β-unsaturated/α-hetero) is 1. The number of H-pyrrole nitrogens is 1. The Balaban J connectivity index is 1.97. The summed E-state index contributed by atoms with van der Waals surface area (Å²) in [6.07, 6.45) is 2.87. The zero-order chi connectivity index (χ0) is 16.1. The fourth-order valence-electron chi connectivity index (χ4n) is 2.96. The largest absolute Gasteiger partial charge is 0.507 e. The normalized spacial score (nSPS) is 14.0. The first-order chi connectivity index (χ1) is 11.1. The number of aromatic amines is 1. The highest BCUT2D eigenvalue weighted by molar-refractivity contribution is 6.41. The number of nitrogens with one attached hydrogen (secondary N) is 1. The summed E-state index contributed by atoms with van der Waals surface area (Å²) in [5, 5.41) is 20.6. The molecule has 23 heavy (non-hydrogen) atoms. The molecule has 112 valence electrons. The number of phenolic OH excluding ortho intramolecular Hbond substituents is 2. The Labute approximate surface area is 130 Å². The number of fused-ring (bicyclic) bond motifs is 2. The number of rotatable bonds is 1. The van der Waals surface area contributed by atoms with Crippen molar-refractivity contribution >= 4 is 28.0 Å². The summed E-state index contributed by atoms with van der Waals surface area (Å²) in [5.74, 6) is -1.63. The van der Waals surface area contributed by atoms with Crippen LogP contribution in [-0.2, 0) is 0 Å². The second-order valence-electron chi connectivity index (χ2n) is 5.35. The van der Waals surface area contributed by atoms with E-state index in [9.17, 15) is 19.8 Å². The summed E-state index contributed by atoms with van der Waals surface area (Å²) in [7, 11) is 0. The Morgan fingerprint density at radius 2 is 1.57 bits per heavy atom. The molecule has 5 nitrogen and oxygen atoms in total. The second kappa shape index (κ2) is 4.58. The van der Waals surface area contributed by atoms with Crippen molar-refractivity contribution in [2.45, 2.75) is 0 Å². The Kier molecular flexibility index (Phi) is 2.65. The number of benzene rings is 2. The van der Waals surface area contributed by atoms with Crippen LogP contribution in [0.1, 0.15) is 26.3 Å². The van der Waals surface area contributed by atoms with Crippen LogP contribution in [0, 0.1) is 0 Å². The highest BCUT2D eigenvalue weighted by atomic mass is 16.3. The summed E-state index contributed by atoms with van der Waals surface area (Å²) in [6, 6.07) is 9.82. The Hall–Kier alpha value is -3.34. The first-order valence-electron chi connectivity index (χ1n) is 7.00. The third-order valence-electron chi connectivity index (χ3n) is 4.03. The van der Waals surface area contributed by atoms with Crippen LogP contribution < -0.4 is 0 Å². The minimum atomic E-state index is -0.506. The Bertz CT molecular complexity index is 1030. The van der Waals surface area contributed by atoms with Gasteiger partial charge in [-0.15, -0.1) is 0 Å². The summed E-state index contributed by atoms with van der Waals surface area (Å²) < 4.78 is 0. The maximum absolute atomic E-state index is 12.8. The molecule has 1 heterocycles. The van der Waals surface area contributed by atoms with Crippen LogP contribution in [-0.4, -0.2) is 26.8 Å². The van der Waals surface area contributed by atoms with E-state index in [1.807, 2.05) is 24.3 Å². The molecule has 3 N–H and O–H groups in total. The fraction of sp³-hybridized carbons (Fsp3) is 0. The van der Waals surface area contributed by atoms with Crippen molar-refractivity contribution in [3.05, 3.63) is 65.4 Å². The lowest BCUT2D eigenvalue weighted by molar-refractivity contribution is 0.0997. The van der Waals surface area contributed by atoms with Crippen LogP contribution >= 0.6 is 0 Å². The molecule has 0 radical (unpaired) electrons. The van der Waals surface area contributed by atoms with Crippen LogP contribution in [0.15, 0.2) is 48.7 Å². The average Bonchev–Trinajstić information content (AvgIpc) is 2.97. The molecule has 0 unspecified atom stereocenters. The molecule has 0 aliphatic heterocycles. The standard InChI is InChI=1S/C18H11NO4/c20-13-5-6-14(21)17-16(13)15(22)7-10(18(17)23)11-8-19-12-4-2-1-3-9(11)12/h1-8,19-21H. The van der Waals surface area contributed by atoms with Gasteiger partial charge in [0.25, 0.3) is 0 Å². The van der Waals surface area contributed by atoms with E-state index in [0.717, 1.165) is 10.9 Å². The molecule has 0 saturated carbocycles. The van der Waals surface area contributed by atoms with E-state index < -0.39 is 11.6 Å². The number of phenols is 2. The summed E-state index contributed by atoms with van der Waals surface area (Å²) in [5.41, 5.74) is 1.32. The van der Waals surface area contributed by atoms with Crippen molar-refractivity contribution in [1.29, 1.82) is 0 Å². The molecule has 0 saturated heterocycles. The number of aromatic nitrogens is 1. The topological polar surface area (TPSA) is 90.4 Å². The maximum Gasteiger partial charge on any atom is 0.198 e. The van der Waals surface area contributed by atoms with E-state index in [1.165, 1.54) is 18.2 Å². The molecule has 4 rings (SSSR count). The van der Waals surface area contributed by atoms with Crippen molar-refractivity contribution < 1.29 is 19.8 Å². The van der Waals surface area contributed by atoms with Crippen LogP contribution in [0.4, 0.5) is 0 Å². The molecule has 1 aliphatic rings. The van der Waals surface area contributed by atoms with Gasteiger partial charge in [0.2, 0.25) is 0 Å². The maximum atomic E-state index is 12.8. The minimum absolute atomic E-state index is 0.154. The van der Waals surface area contributed by atoms with Crippen molar-refractivity contribution in [3.8, 4) is 11.5 Å². The van der Waals surface area contributed by atoms with Crippen molar-refractivity contribution in [3.63, 3.8) is 0 Å². The Morgan fingerprint density at radius 3 is 2.35 bits per heavy atom. The molecule has 3 aromatic rings. The van der Waals surface area contributed by atoms with E-state index >= 15 is 0 Å². The monoisotopic (exact) mass is 305 g/mol. The number of para-hydroxylation sites is 1. The SMILES string of the molecule is O=C1C=C(c2c[nH]c3ccccc23)C(=O)c2c(O)ccc(O)c21. The predicted molar refractivity (Wildman–Crippen MR) is 84.7 cm³/mol. The zero-order valence-electron chi connectivity index (χ0n) is 11.8. The van der Waals surface area contributed by atoms with Crippen LogP contribution in [0.5, 0.6) is 11.5 Å². The van der Waals surface area contributed by atoms with Crippen LogP contribution in [0.3, 0.4) is 0 Å². The lowest BCUT2D eigenvalue weighted by Gasteiger charge is -2.17. The smallest absolute Gasteiger partial charge is 0.198 e. The number of allylic oxidation sites excluding steroid dienone is 2. The third-order valence-corrected chi connectivity index (χ3v) is 4.03. The molecule has 0 fully saturated rings. The number of ketones is 2. The van der Waals surface area contributed by atoms with E-state index in [4.69, 9.17) is 0 Å². The molecule has 5 heteroatoms. The van der Waals surface area contributed by atoms with E-state index in [1.54, 1.807) is 6.20 Å². The first-order valence-corrected chi connectivity index (χ1v) is 7.00. The molecule has 2 aromatic carbocycles. The number of carbonyl (C=O) groups is 2. The first kappa shape index (κ1) is 13.3. The summed E-state index contributed by atoms with van der Waals surface area (Å²) >= 11 is 0. The fourth-order valence-corrected chi connectivity index (χ4v) is 2.96. The number of aromatic hydroxyl groups is 2. The van der Waals surface area contributed by atoms with Gasteiger partial charge in [-0.25, -0.2) is 0 Å². The lowest BCUT2D eigenvalue weighted by Crippen LogP contribution is -2.16. The van der Waals surface area contributed by atoms with Gasteiger partial charge in [-0.05, 0) is 24.3 Å². The van der Waals surface area contributed by atoms with Gasteiger partial charge in [-0.3, -0.25) is 9.59 Å². The van der Waals surface area contributed by atoms with Gasteiger partial charge >= 0.3 is 0 Å². The van der Waals surface area contributed by atoms with Gasteiger partial charge in [0.05, 0.1) is 11.1 Å². The molecule has 1 aliphatic carbocycles. The molecular weight excluding hydrogens is 294 g/mol. The molecular formula is C18H11NO4. The second-order valence-corrected chi connectivity index (χ2v) is 5.35. The molecule has 1 aromatic heterocycles. The van der Waals surface area contributed by atoms with Crippen molar-refractivity contribution in [2.75, 3.05) is 0 Å². The highest BCUT2D eigenvalue weighted by Gasteiger charge is 2.32. The lowest BCUT2D eigenvalue weighted by atomic mass is 9.85. The van der Waals surface area contributed by atoms with Crippen LogP contribution in [0.2, 0.25) is 0 Å². The van der Waals surface area contributed by atoms with E-state index in [2.05, 4.69) is 4.98 Å². The molecule has 0 atom stereocenters. The Morgan fingerprint density at radius 1 is 0.870 bits per heavy atom. The zero-order valence-corrected chi connectivity index (χ0v) is 11.8. The highest BCUT2D eigenvalue weighted by Crippen LogP contribution is 2.38. The number of carbonyl (C=O) groups excluding carboxylic acids is 2. The average molecular weight is 305 g/mol. The van der Waals surface area contributed by atoms with E-state index in [0.29, 0.717) is 5.56 Å². The molecule has 0 amide bonds. The predicted octanol–water partition coefficient (Wildman–Crippen LogP) is 3.04. The van der Waals surface area contributed by atoms with Crippen LogP contribution in [0.25, 0.3) is 16.5 Å². The minimum Gasteiger partial charge on any atom is -0.507 e. The molecule has 0 bridgehead atoms. The van der Waals surface area contributed by atoms with Gasteiger partial charge in [0.1, 0.15) is 11.5 Å². The summed E-state index contributed by atoms with van der Waals surface area (Å²) in [4.78, 5) is 28.2. The van der Waals surface area contributed by atoms with Crippen molar-refractivity contribution in [2.24, 2.45) is 0 Å². The summed E-state index contributed by atoms with van der Waals surface area (Å²) in [6.45, 7) is 0. The molecule has 0 spiro atoms. The van der Waals surface area contributed by atoms with Gasteiger partial charge in [-0.2, -0.15) is 0 Å². The third kappa shape index (κ3) is 1.80. The van der Waals surface area contributed by atoms with Crippen molar-refractivity contribution in [1.82, 2.24) is 4.98 Å². The quantitative estimate of drug-likeness (QED) is 0.603. The van der Waals surface area contributed by atoms with Gasteiger partial charge in [-0.1, -0.05) is 18.2 Å². The van der Waals surface area contributed by atoms with Gasteiger partial charge < -0.3 is 15.2 Å². The van der Waals surface area contributed by atoms with E-state index in [-0.39, 0.29) is 28.2 Å². The number of hydrogen-bond donors (Lipinski definition) is 3. The van der Waals surface area contributed by atoms with Gasteiger partial charge in [0.15, 0.2) is 11.6 Å².